The van der Waals surface area contributed by atoms with Gasteiger partial charge in [-0.15, -0.1) is 0 Å². The Labute approximate surface area is 156 Å². The molecule has 1 aliphatic heterocycles. The first-order valence-electron chi connectivity index (χ1n) is 9.85. The highest BCUT2D eigenvalue weighted by Gasteiger charge is 2.40. The number of benzene rings is 1. The molecule has 0 unspecified atom stereocenters. The number of carbonyl (C=O) groups is 1. The summed E-state index contributed by atoms with van der Waals surface area (Å²) in [5, 5.41) is 0. The summed E-state index contributed by atoms with van der Waals surface area (Å²) >= 11 is 0. The van der Waals surface area contributed by atoms with Crippen molar-refractivity contribution in [3.8, 4) is 0 Å². The van der Waals surface area contributed by atoms with Gasteiger partial charge < -0.3 is 4.90 Å². The fourth-order valence-corrected chi connectivity index (χ4v) is 5.83. The molecule has 6 heteroatoms. The molecule has 1 heterocycles. The van der Waals surface area contributed by atoms with Gasteiger partial charge in [-0.2, -0.15) is 0 Å². The van der Waals surface area contributed by atoms with E-state index < -0.39 is 10.0 Å². The first-order valence-corrected chi connectivity index (χ1v) is 11.3. The smallest absolute Gasteiger partial charge is 0.240 e. The monoisotopic (exact) mass is 376 g/mol. The van der Waals surface area contributed by atoms with Crippen molar-refractivity contribution >= 4 is 21.6 Å². The molecule has 142 valence electrons. The number of anilines is 1. The maximum atomic E-state index is 12.9. The summed E-state index contributed by atoms with van der Waals surface area (Å²) in [6.07, 6.45) is 6.93. The Kier molecular flexibility index (Phi) is 4.59. The molecule has 1 N–H and O–H groups in total. The normalized spacial score (nSPS) is 28.8. The average Bonchev–Trinajstić information content (AvgIpc) is 3.38. The van der Waals surface area contributed by atoms with Gasteiger partial charge in [-0.3, -0.25) is 4.79 Å². The fraction of sp³-hybridized carbons (Fsp3) is 0.650. The van der Waals surface area contributed by atoms with Crippen molar-refractivity contribution in [1.29, 1.82) is 0 Å². The summed E-state index contributed by atoms with van der Waals surface area (Å²) in [7, 11) is -3.53. The zero-order valence-corrected chi connectivity index (χ0v) is 16.4. The molecule has 1 amide bonds. The molecule has 0 radical (unpaired) electrons. The van der Waals surface area contributed by atoms with Crippen molar-refractivity contribution in [2.24, 2.45) is 11.8 Å². The van der Waals surface area contributed by atoms with Crippen molar-refractivity contribution in [3.05, 3.63) is 23.8 Å². The maximum absolute atomic E-state index is 12.9. The standard InChI is InChI=1S/C20H28N2O3S/c1-13-5-3-4-6-18(13)21-26(24,25)17-9-10-19-16(12-17)11-14(2)22(19)20(23)15-7-8-15/h9-10,12-15,18,21H,3-8,11H2,1-2H3/t13-,14-,18-/m1/s1. The first-order chi connectivity index (χ1) is 12.4. The van der Waals surface area contributed by atoms with Crippen LogP contribution in [0.15, 0.2) is 23.1 Å². The molecule has 1 aromatic rings. The lowest BCUT2D eigenvalue weighted by Crippen LogP contribution is -2.41. The highest BCUT2D eigenvalue weighted by molar-refractivity contribution is 7.89. The lowest BCUT2D eigenvalue weighted by atomic mass is 9.87. The Hall–Kier alpha value is -1.40. The minimum atomic E-state index is -3.53. The second kappa shape index (κ2) is 6.64. The van der Waals surface area contributed by atoms with E-state index in [2.05, 4.69) is 11.6 Å². The van der Waals surface area contributed by atoms with E-state index in [1.54, 1.807) is 12.1 Å². The number of nitrogens with zero attached hydrogens (tertiary/aromatic N) is 1. The lowest BCUT2D eigenvalue weighted by Gasteiger charge is -2.29. The second-order valence-electron chi connectivity index (χ2n) is 8.32. The minimum absolute atomic E-state index is 0.0221. The van der Waals surface area contributed by atoms with Gasteiger partial charge in [-0.25, -0.2) is 13.1 Å². The number of hydrogen-bond donors (Lipinski definition) is 1. The molecule has 0 spiro atoms. The summed E-state index contributed by atoms with van der Waals surface area (Å²) in [6.45, 7) is 4.16. The third-order valence-corrected chi connectivity index (χ3v) is 7.65. The van der Waals surface area contributed by atoms with E-state index >= 15 is 0 Å². The second-order valence-corrected chi connectivity index (χ2v) is 10.0. The highest BCUT2D eigenvalue weighted by Crippen LogP contribution is 2.39. The predicted molar refractivity (Wildman–Crippen MR) is 102 cm³/mol. The Bertz CT molecular complexity index is 816. The zero-order chi connectivity index (χ0) is 18.5. The van der Waals surface area contributed by atoms with E-state index in [-0.39, 0.29) is 23.9 Å². The molecule has 0 bridgehead atoms. The highest BCUT2D eigenvalue weighted by atomic mass is 32.2. The van der Waals surface area contributed by atoms with E-state index in [1.807, 2.05) is 17.9 Å². The van der Waals surface area contributed by atoms with Gasteiger partial charge in [0.05, 0.1) is 4.90 Å². The van der Waals surface area contributed by atoms with Gasteiger partial charge in [0.15, 0.2) is 0 Å². The van der Waals surface area contributed by atoms with Crippen molar-refractivity contribution in [3.63, 3.8) is 0 Å². The Balaban J connectivity index is 1.57. The topological polar surface area (TPSA) is 66.5 Å². The third-order valence-electron chi connectivity index (χ3n) is 6.16. The molecule has 26 heavy (non-hydrogen) atoms. The fourth-order valence-electron chi connectivity index (χ4n) is 4.40. The molecular weight excluding hydrogens is 348 g/mol. The van der Waals surface area contributed by atoms with Gasteiger partial charge >= 0.3 is 0 Å². The summed E-state index contributed by atoms with van der Waals surface area (Å²) in [5.74, 6) is 0.738. The van der Waals surface area contributed by atoms with Crippen LogP contribution in [0.25, 0.3) is 0 Å². The zero-order valence-electron chi connectivity index (χ0n) is 15.6. The molecule has 0 saturated heterocycles. The molecule has 2 saturated carbocycles. The molecule has 2 aliphatic carbocycles. The number of sulfonamides is 1. The molecule has 4 rings (SSSR count). The molecular formula is C20H28N2O3S. The predicted octanol–water partition coefficient (Wildman–Crippen LogP) is 3.23. The van der Waals surface area contributed by atoms with Crippen LogP contribution in [0.4, 0.5) is 5.69 Å². The Morgan fingerprint density at radius 1 is 1.12 bits per heavy atom. The molecule has 3 atom stereocenters. The van der Waals surface area contributed by atoms with Crippen LogP contribution < -0.4 is 9.62 Å². The molecule has 0 aromatic heterocycles. The number of nitrogens with one attached hydrogen (secondary N) is 1. The molecule has 2 fully saturated rings. The van der Waals surface area contributed by atoms with E-state index in [0.717, 1.165) is 49.8 Å². The van der Waals surface area contributed by atoms with E-state index in [1.165, 1.54) is 6.42 Å². The Morgan fingerprint density at radius 3 is 2.54 bits per heavy atom. The summed E-state index contributed by atoms with van der Waals surface area (Å²) in [6, 6.07) is 5.36. The van der Waals surface area contributed by atoms with Crippen LogP contribution in [-0.2, 0) is 21.2 Å². The number of fused-ring (bicyclic) bond motifs is 1. The van der Waals surface area contributed by atoms with E-state index in [0.29, 0.717) is 10.8 Å². The van der Waals surface area contributed by atoms with Gasteiger partial charge in [0.25, 0.3) is 0 Å². The van der Waals surface area contributed by atoms with E-state index in [4.69, 9.17) is 0 Å². The van der Waals surface area contributed by atoms with Crippen molar-refractivity contribution in [2.75, 3.05) is 4.90 Å². The molecule has 5 nitrogen and oxygen atoms in total. The maximum Gasteiger partial charge on any atom is 0.240 e. The molecule has 1 aromatic carbocycles. The number of hydrogen-bond acceptors (Lipinski definition) is 3. The van der Waals surface area contributed by atoms with Crippen molar-refractivity contribution in [1.82, 2.24) is 4.72 Å². The number of carbonyl (C=O) groups excluding carboxylic acids is 1. The summed E-state index contributed by atoms with van der Waals surface area (Å²) < 4.78 is 28.7. The van der Waals surface area contributed by atoms with Gasteiger partial charge in [-0.05, 0) is 68.7 Å². The minimum Gasteiger partial charge on any atom is -0.309 e. The van der Waals surface area contributed by atoms with Crippen molar-refractivity contribution in [2.45, 2.75) is 75.8 Å². The third kappa shape index (κ3) is 3.29. The quantitative estimate of drug-likeness (QED) is 0.877. The van der Waals surface area contributed by atoms with E-state index in [9.17, 15) is 13.2 Å². The summed E-state index contributed by atoms with van der Waals surface area (Å²) in [5.41, 5.74) is 1.85. The van der Waals surface area contributed by atoms with Gasteiger partial charge in [0.1, 0.15) is 0 Å². The van der Waals surface area contributed by atoms with Crippen LogP contribution in [0.3, 0.4) is 0 Å². The molecule has 3 aliphatic rings. The average molecular weight is 377 g/mol. The number of rotatable bonds is 4. The van der Waals surface area contributed by atoms with Gasteiger partial charge in [0, 0.05) is 23.7 Å². The van der Waals surface area contributed by atoms with Crippen LogP contribution in [0.1, 0.15) is 57.9 Å². The van der Waals surface area contributed by atoms with Crippen LogP contribution >= 0.6 is 0 Å². The lowest BCUT2D eigenvalue weighted by molar-refractivity contribution is -0.120. The van der Waals surface area contributed by atoms with Crippen LogP contribution in [-0.4, -0.2) is 26.4 Å². The van der Waals surface area contributed by atoms with Crippen LogP contribution in [0.2, 0.25) is 0 Å². The van der Waals surface area contributed by atoms with Gasteiger partial charge in [0.2, 0.25) is 15.9 Å². The van der Waals surface area contributed by atoms with Crippen molar-refractivity contribution < 1.29 is 13.2 Å². The van der Waals surface area contributed by atoms with Crippen LogP contribution in [0.5, 0.6) is 0 Å². The first kappa shape index (κ1) is 18.0. The van der Waals surface area contributed by atoms with Gasteiger partial charge in [-0.1, -0.05) is 19.8 Å². The number of amides is 1. The SMILES string of the molecule is C[C@@H]1CCCC[C@H]1NS(=O)(=O)c1ccc2c(c1)C[C@@H](C)N2C(=O)C1CC1. The Morgan fingerprint density at radius 2 is 1.85 bits per heavy atom. The van der Waals surface area contributed by atoms with Crippen LogP contribution in [0, 0.1) is 11.8 Å². The largest absolute Gasteiger partial charge is 0.309 e. The summed E-state index contributed by atoms with van der Waals surface area (Å²) in [4.78, 5) is 14.8.